The van der Waals surface area contributed by atoms with Crippen LogP contribution >= 0.6 is 28.1 Å². The van der Waals surface area contributed by atoms with Crippen molar-refractivity contribution in [2.75, 3.05) is 5.32 Å². The van der Waals surface area contributed by atoms with Crippen molar-refractivity contribution in [2.45, 2.75) is 32.7 Å². The van der Waals surface area contributed by atoms with Crippen LogP contribution in [-0.4, -0.2) is 21.0 Å². The van der Waals surface area contributed by atoms with Crippen molar-refractivity contribution in [3.8, 4) is 11.4 Å². The van der Waals surface area contributed by atoms with E-state index in [2.05, 4.69) is 57.5 Å². The first-order chi connectivity index (χ1) is 16.7. The number of thiocarbonyl (C=S) groups is 1. The average molecular weight is 549 g/mol. The molecule has 0 aliphatic carbocycles. The summed E-state index contributed by atoms with van der Waals surface area (Å²) in [5.41, 5.74) is 4.01. The predicted molar refractivity (Wildman–Crippen MR) is 146 cm³/mol. The Balaban J connectivity index is 1.36. The van der Waals surface area contributed by atoms with E-state index in [1.807, 2.05) is 60.7 Å². The van der Waals surface area contributed by atoms with Gasteiger partial charge in [-0.25, -0.2) is 0 Å². The zero-order valence-electron chi connectivity index (χ0n) is 19.6. The molecule has 0 spiro atoms. The van der Waals surface area contributed by atoms with Crippen molar-refractivity contribution < 1.29 is 9.32 Å². The van der Waals surface area contributed by atoms with Crippen LogP contribution in [0.2, 0.25) is 0 Å². The molecular formula is C27H25BrN4O2S. The SMILES string of the molecule is CC(C)(C)c1ccc(C(=O)c2cccc(NC(=S)NCc3nc(-c4cccc(Br)c4)no3)c2)cc1. The number of nitrogens with zero attached hydrogens (tertiary/aromatic N) is 2. The molecular weight excluding hydrogens is 524 g/mol. The average Bonchev–Trinajstić information content (AvgIpc) is 3.31. The summed E-state index contributed by atoms with van der Waals surface area (Å²) in [4.78, 5) is 17.4. The Labute approximate surface area is 218 Å². The highest BCUT2D eigenvalue weighted by Gasteiger charge is 2.15. The maximum absolute atomic E-state index is 13.0. The monoisotopic (exact) mass is 548 g/mol. The summed E-state index contributed by atoms with van der Waals surface area (Å²) < 4.78 is 6.25. The van der Waals surface area contributed by atoms with Gasteiger partial charge in [-0.15, -0.1) is 0 Å². The van der Waals surface area contributed by atoms with Crippen molar-refractivity contribution in [1.82, 2.24) is 15.5 Å². The number of halogens is 1. The van der Waals surface area contributed by atoms with Gasteiger partial charge in [0.15, 0.2) is 10.9 Å². The minimum Gasteiger partial charge on any atom is -0.353 e. The summed E-state index contributed by atoms with van der Waals surface area (Å²) in [5.74, 6) is 0.870. The minimum absolute atomic E-state index is 0.0373. The number of carbonyl (C=O) groups is 1. The first kappa shape index (κ1) is 24.8. The predicted octanol–water partition coefficient (Wildman–Crippen LogP) is 6.51. The second-order valence-electron chi connectivity index (χ2n) is 9.07. The Hall–Kier alpha value is -3.36. The van der Waals surface area contributed by atoms with Gasteiger partial charge >= 0.3 is 0 Å². The van der Waals surface area contributed by atoms with Crippen molar-refractivity contribution in [2.24, 2.45) is 0 Å². The number of benzene rings is 3. The molecule has 178 valence electrons. The van der Waals surface area contributed by atoms with Crippen molar-refractivity contribution >= 4 is 44.7 Å². The van der Waals surface area contributed by atoms with E-state index in [1.165, 1.54) is 5.56 Å². The van der Waals surface area contributed by atoms with Gasteiger partial charge in [0.1, 0.15) is 0 Å². The highest BCUT2D eigenvalue weighted by atomic mass is 79.9. The molecule has 0 atom stereocenters. The molecule has 0 aliphatic rings. The third kappa shape index (κ3) is 6.41. The molecule has 0 bridgehead atoms. The van der Waals surface area contributed by atoms with Crippen LogP contribution in [0.25, 0.3) is 11.4 Å². The molecule has 3 aromatic carbocycles. The second kappa shape index (κ2) is 10.5. The number of aromatic nitrogens is 2. The van der Waals surface area contributed by atoms with E-state index in [-0.39, 0.29) is 17.7 Å². The Bertz CT molecular complexity index is 1360. The highest BCUT2D eigenvalue weighted by molar-refractivity contribution is 9.10. The Kier molecular flexibility index (Phi) is 7.42. The molecule has 1 aromatic heterocycles. The van der Waals surface area contributed by atoms with Crippen LogP contribution in [0.1, 0.15) is 48.1 Å². The maximum Gasteiger partial charge on any atom is 0.246 e. The van der Waals surface area contributed by atoms with Gasteiger partial charge in [-0.3, -0.25) is 4.79 Å². The molecule has 0 saturated carbocycles. The van der Waals surface area contributed by atoms with Gasteiger partial charge in [-0.2, -0.15) is 4.98 Å². The third-order valence-corrected chi connectivity index (χ3v) is 6.09. The van der Waals surface area contributed by atoms with Crippen LogP contribution < -0.4 is 10.6 Å². The molecule has 0 radical (unpaired) electrons. The molecule has 4 aromatic rings. The number of ketones is 1. The van der Waals surface area contributed by atoms with Gasteiger partial charge < -0.3 is 15.2 Å². The van der Waals surface area contributed by atoms with E-state index < -0.39 is 0 Å². The summed E-state index contributed by atoms with van der Waals surface area (Å²) in [6.45, 7) is 6.71. The normalized spacial score (nSPS) is 11.2. The number of hydrogen-bond acceptors (Lipinski definition) is 5. The van der Waals surface area contributed by atoms with E-state index in [9.17, 15) is 4.79 Å². The quantitative estimate of drug-likeness (QED) is 0.210. The van der Waals surface area contributed by atoms with E-state index in [0.717, 1.165) is 10.0 Å². The van der Waals surface area contributed by atoms with E-state index in [1.54, 1.807) is 12.1 Å². The number of nitrogens with one attached hydrogen (secondary N) is 2. The van der Waals surface area contributed by atoms with Gasteiger partial charge in [0.2, 0.25) is 11.7 Å². The zero-order chi connectivity index (χ0) is 25.0. The number of anilines is 1. The number of hydrogen-bond donors (Lipinski definition) is 2. The largest absolute Gasteiger partial charge is 0.353 e. The fourth-order valence-electron chi connectivity index (χ4n) is 3.43. The fourth-order valence-corrected chi connectivity index (χ4v) is 4.02. The van der Waals surface area contributed by atoms with Crippen LogP contribution in [0.4, 0.5) is 5.69 Å². The summed E-state index contributed by atoms with van der Waals surface area (Å²) >= 11 is 8.84. The second-order valence-corrected chi connectivity index (χ2v) is 10.4. The van der Waals surface area contributed by atoms with Crippen molar-refractivity contribution in [1.29, 1.82) is 0 Å². The van der Waals surface area contributed by atoms with E-state index >= 15 is 0 Å². The summed E-state index contributed by atoms with van der Waals surface area (Å²) in [6.07, 6.45) is 0. The fraction of sp³-hybridized carbons (Fsp3) is 0.185. The van der Waals surface area contributed by atoms with Gasteiger partial charge in [-0.05, 0) is 47.5 Å². The molecule has 0 fully saturated rings. The molecule has 4 rings (SSSR count). The van der Waals surface area contributed by atoms with Crippen LogP contribution in [-0.2, 0) is 12.0 Å². The first-order valence-corrected chi connectivity index (χ1v) is 12.3. The highest BCUT2D eigenvalue weighted by Crippen LogP contribution is 2.24. The van der Waals surface area contributed by atoms with Gasteiger partial charge in [0, 0.05) is 26.9 Å². The molecule has 8 heteroatoms. The summed E-state index contributed by atoms with van der Waals surface area (Å²) in [6, 6.07) is 22.7. The molecule has 0 unspecified atom stereocenters. The number of rotatable bonds is 6. The topological polar surface area (TPSA) is 80.0 Å². The van der Waals surface area contributed by atoms with Crippen LogP contribution in [0.5, 0.6) is 0 Å². The van der Waals surface area contributed by atoms with Crippen LogP contribution in [0, 0.1) is 0 Å². The van der Waals surface area contributed by atoms with Gasteiger partial charge in [0.05, 0.1) is 6.54 Å². The first-order valence-electron chi connectivity index (χ1n) is 11.1. The van der Waals surface area contributed by atoms with Gasteiger partial charge in [0.25, 0.3) is 0 Å². The lowest BCUT2D eigenvalue weighted by Crippen LogP contribution is -2.28. The van der Waals surface area contributed by atoms with E-state index in [0.29, 0.717) is 33.6 Å². The standard InChI is InChI=1S/C27H25BrN4O2S/c1-27(2,3)20-12-10-17(11-13-20)24(33)18-6-5-9-22(15-18)30-26(35)29-16-23-31-25(32-34-23)19-7-4-8-21(28)14-19/h4-15H,16H2,1-3H3,(H2,29,30,35). The lowest BCUT2D eigenvalue weighted by molar-refractivity contribution is 0.103. The van der Waals surface area contributed by atoms with E-state index in [4.69, 9.17) is 16.7 Å². The summed E-state index contributed by atoms with van der Waals surface area (Å²) in [7, 11) is 0. The lowest BCUT2D eigenvalue weighted by Gasteiger charge is -2.19. The smallest absolute Gasteiger partial charge is 0.246 e. The Morgan fingerprint density at radius 1 is 1.00 bits per heavy atom. The Morgan fingerprint density at radius 3 is 2.46 bits per heavy atom. The lowest BCUT2D eigenvalue weighted by atomic mass is 9.86. The molecule has 35 heavy (non-hydrogen) atoms. The maximum atomic E-state index is 13.0. The molecule has 6 nitrogen and oxygen atoms in total. The van der Waals surface area contributed by atoms with Crippen LogP contribution in [0.15, 0.2) is 81.8 Å². The van der Waals surface area contributed by atoms with Crippen molar-refractivity contribution in [3.05, 3.63) is 99.9 Å². The molecule has 0 amide bonds. The van der Waals surface area contributed by atoms with Crippen LogP contribution in [0.3, 0.4) is 0 Å². The molecule has 1 heterocycles. The van der Waals surface area contributed by atoms with Gasteiger partial charge in [-0.1, -0.05) is 90.4 Å². The molecule has 2 N–H and O–H groups in total. The third-order valence-electron chi connectivity index (χ3n) is 5.35. The summed E-state index contributed by atoms with van der Waals surface area (Å²) in [5, 5.41) is 10.6. The Morgan fingerprint density at radius 2 is 1.74 bits per heavy atom. The molecule has 0 aliphatic heterocycles. The van der Waals surface area contributed by atoms with Crippen molar-refractivity contribution in [3.63, 3.8) is 0 Å². The molecule has 0 saturated heterocycles. The number of carbonyl (C=O) groups excluding carboxylic acids is 1. The zero-order valence-corrected chi connectivity index (χ0v) is 22.0. The minimum atomic E-state index is -0.0427.